The first-order chi connectivity index (χ1) is 19.8. The number of nitrogens with zero attached hydrogens (tertiary/aromatic N) is 2. The number of benzene rings is 3. The SMILES string of the molecule is CC(=O)N1CCc2cc(N(Cc3ccc(C(=O)NCCC(=O)O)cc3)C(=O)Nc3ccc(Cl)c(C(F)(F)F)c3)ccc21. The number of hydrogen-bond acceptors (Lipinski definition) is 4. The van der Waals surface area contributed by atoms with Gasteiger partial charge in [-0.15, -0.1) is 0 Å². The largest absolute Gasteiger partial charge is 0.481 e. The average molecular weight is 603 g/mol. The minimum Gasteiger partial charge on any atom is -0.481 e. The van der Waals surface area contributed by atoms with E-state index in [1.54, 1.807) is 35.2 Å². The van der Waals surface area contributed by atoms with Gasteiger partial charge in [-0.2, -0.15) is 13.2 Å². The summed E-state index contributed by atoms with van der Waals surface area (Å²) in [5.74, 6) is -1.63. The summed E-state index contributed by atoms with van der Waals surface area (Å²) in [4.78, 5) is 51.4. The van der Waals surface area contributed by atoms with Gasteiger partial charge in [-0.1, -0.05) is 23.7 Å². The van der Waals surface area contributed by atoms with Gasteiger partial charge in [-0.3, -0.25) is 19.3 Å². The maximum Gasteiger partial charge on any atom is 0.417 e. The van der Waals surface area contributed by atoms with Crippen molar-refractivity contribution in [2.45, 2.75) is 32.5 Å². The van der Waals surface area contributed by atoms with Crippen LogP contribution in [0.1, 0.15) is 40.4 Å². The molecule has 1 aliphatic heterocycles. The fraction of sp³-hybridized carbons (Fsp3) is 0.241. The van der Waals surface area contributed by atoms with Crippen molar-refractivity contribution in [2.24, 2.45) is 0 Å². The number of rotatable bonds is 8. The van der Waals surface area contributed by atoms with Crippen molar-refractivity contribution in [1.29, 1.82) is 0 Å². The van der Waals surface area contributed by atoms with Gasteiger partial charge < -0.3 is 20.6 Å². The number of carboxylic acid groups (broad SMARTS) is 1. The zero-order valence-electron chi connectivity index (χ0n) is 22.3. The summed E-state index contributed by atoms with van der Waals surface area (Å²) >= 11 is 5.72. The van der Waals surface area contributed by atoms with Crippen molar-refractivity contribution in [3.63, 3.8) is 0 Å². The van der Waals surface area contributed by atoms with Crippen LogP contribution >= 0.6 is 11.6 Å². The molecule has 1 heterocycles. The lowest BCUT2D eigenvalue weighted by atomic mass is 10.1. The maximum absolute atomic E-state index is 13.5. The quantitative estimate of drug-likeness (QED) is 0.305. The van der Waals surface area contributed by atoms with Gasteiger partial charge in [0.15, 0.2) is 0 Å². The maximum atomic E-state index is 13.5. The summed E-state index contributed by atoms with van der Waals surface area (Å²) < 4.78 is 40.2. The smallest absolute Gasteiger partial charge is 0.417 e. The predicted molar refractivity (Wildman–Crippen MR) is 151 cm³/mol. The number of carboxylic acids is 1. The van der Waals surface area contributed by atoms with Gasteiger partial charge in [0, 0.05) is 42.6 Å². The normalized spacial score (nSPS) is 12.5. The van der Waals surface area contributed by atoms with Gasteiger partial charge in [0.05, 0.1) is 23.6 Å². The van der Waals surface area contributed by atoms with Gasteiger partial charge in [0.25, 0.3) is 5.91 Å². The van der Waals surface area contributed by atoms with E-state index in [-0.39, 0.29) is 36.7 Å². The fourth-order valence-corrected chi connectivity index (χ4v) is 4.73. The van der Waals surface area contributed by atoms with E-state index in [1.807, 2.05) is 0 Å². The summed E-state index contributed by atoms with van der Waals surface area (Å²) in [6.45, 7) is 1.90. The lowest BCUT2D eigenvalue weighted by Crippen LogP contribution is -2.34. The molecule has 0 aliphatic carbocycles. The monoisotopic (exact) mass is 602 g/mol. The molecule has 0 radical (unpaired) electrons. The molecule has 0 aromatic heterocycles. The Labute approximate surface area is 243 Å². The van der Waals surface area contributed by atoms with Crippen LogP contribution in [0.15, 0.2) is 60.7 Å². The van der Waals surface area contributed by atoms with E-state index in [1.165, 1.54) is 30.0 Å². The first-order valence-electron chi connectivity index (χ1n) is 12.8. The Morgan fingerprint density at radius 1 is 1.02 bits per heavy atom. The number of amides is 4. The van der Waals surface area contributed by atoms with Crippen molar-refractivity contribution in [2.75, 3.05) is 28.2 Å². The first-order valence-corrected chi connectivity index (χ1v) is 13.2. The topological polar surface area (TPSA) is 119 Å². The van der Waals surface area contributed by atoms with Crippen LogP contribution in [0.3, 0.4) is 0 Å². The molecule has 0 saturated heterocycles. The summed E-state index contributed by atoms with van der Waals surface area (Å²) in [5, 5.41) is 13.2. The number of alkyl halides is 3. The average Bonchev–Trinajstić information content (AvgIpc) is 3.36. The van der Waals surface area contributed by atoms with Crippen LogP contribution in [-0.2, 0) is 28.7 Å². The van der Waals surface area contributed by atoms with Crippen molar-refractivity contribution >= 4 is 52.5 Å². The van der Waals surface area contributed by atoms with E-state index in [9.17, 15) is 32.3 Å². The lowest BCUT2D eigenvalue weighted by molar-refractivity contribution is -0.138. The first kappa shape index (κ1) is 30.4. The van der Waals surface area contributed by atoms with Crippen LogP contribution in [0.5, 0.6) is 0 Å². The third-order valence-corrected chi connectivity index (χ3v) is 6.93. The predicted octanol–water partition coefficient (Wildman–Crippen LogP) is 5.71. The Bertz CT molecular complexity index is 1530. The van der Waals surface area contributed by atoms with Crippen molar-refractivity contribution in [3.05, 3.63) is 87.9 Å². The number of fused-ring (bicyclic) bond motifs is 1. The summed E-state index contributed by atoms with van der Waals surface area (Å²) in [6, 6.07) is 13.7. The molecular weight excluding hydrogens is 577 g/mol. The second-order valence-electron chi connectivity index (χ2n) is 9.54. The van der Waals surface area contributed by atoms with Crippen molar-refractivity contribution < 1.29 is 37.5 Å². The van der Waals surface area contributed by atoms with Gasteiger partial charge in [-0.25, -0.2) is 4.79 Å². The molecule has 220 valence electrons. The second kappa shape index (κ2) is 12.5. The molecule has 0 bridgehead atoms. The van der Waals surface area contributed by atoms with E-state index < -0.39 is 34.7 Å². The van der Waals surface area contributed by atoms with Crippen LogP contribution in [0.4, 0.5) is 35.0 Å². The van der Waals surface area contributed by atoms with Crippen LogP contribution in [0, 0.1) is 0 Å². The molecule has 13 heteroatoms. The highest BCUT2D eigenvalue weighted by Gasteiger charge is 2.33. The molecule has 0 unspecified atom stereocenters. The number of halogens is 4. The lowest BCUT2D eigenvalue weighted by Gasteiger charge is -2.25. The van der Waals surface area contributed by atoms with Crippen LogP contribution in [0.2, 0.25) is 5.02 Å². The number of urea groups is 1. The number of anilines is 3. The standard InChI is InChI=1S/C29H26ClF3N4O5/c1-17(38)36-13-11-20-14-22(7-9-25(20)36)37(28(42)35-21-6-8-24(30)23(15-21)29(31,32)33)16-18-2-4-19(5-3-18)27(41)34-12-10-26(39)40/h2-9,14-15H,10-13,16H2,1H3,(H,34,41)(H,35,42)(H,39,40). The molecule has 0 spiro atoms. The highest BCUT2D eigenvalue weighted by molar-refractivity contribution is 6.31. The van der Waals surface area contributed by atoms with Crippen LogP contribution in [0.25, 0.3) is 0 Å². The highest BCUT2D eigenvalue weighted by atomic mass is 35.5. The molecule has 4 rings (SSSR count). The molecule has 0 atom stereocenters. The minimum atomic E-state index is -4.72. The molecule has 9 nitrogen and oxygen atoms in total. The van der Waals surface area contributed by atoms with E-state index >= 15 is 0 Å². The van der Waals surface area contributed by atoms with Gasteiger partial charge in [-0.05, 0) is 66.1 Å². The highest BCUT2D eigenvalue weighted by Crippen LogP contribution is 2.37. The molecule has 1 aliphatic rings. The number of aliphatic carboxylic acids is 1. The molecule has 4 amide bonds. The number of nitrogens with one attached hydrogen (secondary N) is 2. The Kier molecular flexibility index (Phi) is 9.05. The summed E-state index contributed by atoms with van der Waals surface area (Å²) in [7, 11) is 0. The van der Waals surface area contributed by atoms with Crippen molar-refractivity contribution in [1.82, 2.24) is 5.32 Å². The van der Waals surface area contributed by atoms with E-state index in [0.717, 1.165) is 23.4 Å². The summed E-state index contributed by atoms with van der Waals surface area (Å²) in [5.41, 5.74) is 1.67. The zero-order valence-corrected chi connectivity index (χ0v) is 23.1. The zero-order chi connectivity index (χ0) is 30.6. The second-order valence-corrected chi connectivity index (χ2v) is 9.95. The molecule has 3 N–H and O–H groups in total. The Balaban J connectivity index is 1.61. The third kappa shape index (κ3) is 7.19. The number of carbonyl (C=O) groups excluding carboxylic acids is 3. The van der Waals surface area contributed by atoms with Crippen molar-refractivity contribution in [3.8, 4) is 0 Å². The molecule has 42 heavy (non-hydrogen) atoms. The third-order valence-electron chi connectivity index (χ3n) is 6.60. The van der Waals surface area contributed by atoms with Crippen LogP contribution < -0.4 is 20.4 Å². The Hall–Kier alpha value is -4.58. The van der Waals surface area contributed by atoms with Gasteiger partial charge >= 0.3 is 18.2 Å². The van der Waals surface area contributed by atoms with E-state index in [4.69, 9.17) is 16.7 Å². The molecular formula is C29H26ClF3N4O5. The summed E-state index contributed by atoms with van der Waals surface area (Å²) in [6.07, 6.45) is -4.38. The fourth-order valence-electron chi connectivity index (χ4n) is 4.50. The van der Waals surface area contributed by atoms with Gasteiger partial charge in [0.2, 0.25) is 5.91 Å². The molecule has 0 fully saturated rings. The number of carbonyl (C=O) groups is 4. The number of hydrogen-bond donors (Lipinski definition) is 3. The molecule has 3 aromatic carbocycles. The van der Waals surface area contributed by atoms with Gasteiger partial charge in [0.1, 0.15) is 0 Å². The minimum absolute atomic E-state index is 0.0122. The molecule has 3 aromatic rings. The van der Waals surface area contributed by atoms with E-state index in [2.05, 4.69) is 10.6 Å². The van der Waals surface area contributed by atoms with E-state index in [0.29, 0.717) is 24.2 Å². The Morgan fingerprint density at radius 2 is 1.74 bits per heavy atom. The molecule has 0 saturated carbocycles. The van der Waals surface area contributed by atoms with Crippen LogP contribution in [-0.4, -0.2) is 42.0 Å². The Morgan fingerprint density at radius 3 is 2.38 bits per heavy atom.